The molecule has 0 amide bonds. The summed E-state index contributed by atoms with van der Waals surface area (Å²) in [5.41, 5.74) is 1.50. The number of benzene rings is 1. The normalized spacial score (nSPS) is 12.7. The van der Waals surface area contributed by atoms with Crippen LogP contribution in [0.2, 0.25) is 0 Å². The first-order valence-corrected chi connectivity index (χ1v) is 3.37. The Labute approximate surface area is 68.1 Å². The van der Waals surface area contributed by atoms with Crippen LogP contribution in [-0.4, -0.2) is 5.11 Å². The molecule has 0 radical (unpaired) electrons. The van der Waals surface area contributed by atoms with Gasteiger partial charge in [0.1, 0.15) is 0 Å². The molecule has 1 aromatic rings. The molecular formula is C10H10O. The molecule has 0 saturated carbocycles. The number of hydrogen-bond donors (Lipinski definition) is 1. The fraction of sp³-hybridized carbons (Fsp3) is 0.200. The molecule has 1 N–H and O–H groups in total. The summed E-state index contributed by atoms with van der Waals surface area (Å²) in [4.78, 5) is 0. The van der Waals surface area contributed by atoms with Crippen LogP contribution < -0.4 is 0 Å². The maximum Gasteiger partial charge on any atom is 0.0681 e. The molecule has 1 nitrogen and oxygen atoms in total. The van der Waals surface area contributed by atoms with Crippen molar-refractivity contribution in [1.29, 1.82) is 0 Å². The van der Waals surface area contributed by atoms with Gasteiger partial charge in [-0.2, -0.15) is 0 Å². The Balaban J connectivity index is 2.90. The molecule has 0 fully saturated rings. The molecule has 0 aliphatic rings. The van der Waals surface area contributed by atoms with Crippen LogP contribution in [0.1, 0.15) is 19.4 Å². The second-order valence-corrected chi connectivity index (χ2v) is 2.13. The lowest BCUT2D eigenvalue weighted by Crippen LogP contribution is -1.81. The van der Waals surface area contributed by atoms with Crippen molar-refractivity contribution in [2.24, 2.45) is 0 Å². The van der Waals surface area contributed by atoms with Crippen LogP contribution in [0, 0.1) is 11.8 Å². The molecule has 0 aliphatic carbocycles. The second-order valence-electron chi connectivity index (χ2n) is 2.13. The van der Waals surface area contributed by atoms with E-state index in [9.17, 15) is 0 Å². The van der Waals surface area contributed by atoms with Crippen molar-refractivity contribution in [2.75, 3.05) is 0 Å². The Kier molecular flexibility index (Phi) is 2.23. The molecule has 56 valence electrons. The maximum absolute atomic E-state index is 8.88. The molecule has 1 rings (SSSR count). The van der Waals surface area contributed by atoms with Crippen LogP contribution in [0.5, 0.6) is 0 Å². The largest absolute Gasteiger partial charge is 0.392 e. The third-order valence-corrected chi connectivity index (χ3v) is 1.33. The maximum atomic E-state index is 8.88. The molecule has 0 bridgehead atoms. The van der Waals surface area contributed by atoms with E-state index in [0.29, 0.717) is 5.56 Å². The van der Waals surface area contributed by atoms with Crippen molar-refractivity contribution >= 4 is 0 Å². The second kappa shape index (κ2) is 3.80. The third kappa shape index (κ3) is 2.10. The van der Waals surface area contributed by atoms with Gasteiger partial charge >= 0.3 is 0 Å². The van der Waals surface area contributed by atoms with Crippen LogP contribution in [0.4, 0.5) is 0 Å². The topological polar surface area (TPSA) is 20.2 Å². The first kappa shape index (κ1) is 6.45. The highest BCUT2D eigenvalue weighted by atomic mass is 16.3. The lowest BCUT2D eigenvalue weighted by atomic mass is 10.1. The number of rotatable bonds is 1. The molecule has 1 heteroatoms. The fourth-order valence-electron chi connectivity index (χ4n) is 0.797. The first-order chi connectivity index (χ1) is 5.74. The van der Waals surface area contributed by atoms with Gasteiger partial charge in [0.05, 0.1) is 7.95 Å². The van der Waals surface area contributed by atoms with Gasteiger partial charge < -0.3 is 5.11 Å². The third-order valence-electron chi connectivity index (χ3n) is 1.33. The zero-order valence-electron chi connectivity index (χ0n) is 7.33. The van der Waals surface area contributed by atoms with Crippen molar-refractivity contribution in [1.82, 2.24) is 0 Å². The summed E-state index contributed by atoms with van der Waals surface area (Å²) in [6.07, 6.45) is 0. The van der Waals surface area contributed by atoms with Gasteiger partial charge in [0.25, 0.3) is 0 Å². The quantitative estimate of drug-likeness (QED) is 0.597. The molecule has 0 saturated heterocycles. The minimum absolute atomic E-state index is 0.594. The van der Waals surface area contributed by atoms with Crippen molar-refractivity contribution in [3.63, 3.8) is 0 Å². The van der Waals surface area contributed by atoms with Gasteiger partial charge in [-0.05, 0) is 24.6 Å². The lowest BCUT2D eigenvalue weighted by Gasteiger charge is -1.93. The van der Waals surface area contributed by atoms with Crippen molar-refractivity contribution < 1.29 is 6.48 Å². The van der Waals surface area contributed by atoms with Gasteiger partial charge in [0.15, 0.2) is 0 Å². The van der Waals surface area contributed by atoms with E-state index in [1.54, 1.807) is 31.2 Å². The molecule has 0 spiro atoms. The highest BCUT2D eigenvalue weighted by molar-refractivity contribution is 5.35. The lowest BCUT2D eigenvalue weighted by molar-refractivity contribution is 0.282. The zero-order valence-corrected chi connectivity index (χ0v) is 6.33. The highest BCUT2D eigenvalue weighted by Crippen LogP contribution is 2.02. The summed E-state index contributed by atoms with van der Waals surface area (Å²) in [7, 11) is 0. The van der Waals surface area contributed by atoms with Gasteiger partial charge in [-0.25, -0.2) is 0 Å². The van der Waals surface area contributed by atoms with E-state index in [2.05, 4.69) is 11.8 Å². The Hall–Kier alpha value is -1.26. The molecule has 1 atom stereocenters. The van der Waals surface area contributed by atoms with Gasteiger partial charge in [0.2, 0.25) is 0 Å². The predicted molar refractivity (Wildman–Crippen MR) is 44.9 cm³/mol. The van der Waals surface area contributed by atoms with Gasteiger partial charge in [-0.15, -0.1) is 5.92 Å². The van der Waals surface area contributed by atoms with E-state index in [4.69, 9.17) is 6.48 Å². The molecule has 0 aliphatic heterocycles. The van der Waals surface area contributed by atoms with Crippen LogP contribution in [0.25, 0.3) is 0 Å². The fourth-order valence-corrected chi connectivity index (χ4v) is 0.797. The van der Waals surface area contributed by atoms with E-state index < -0.39 is 6.58 Å². The van der Waals surface area contributed by atoms with E-state index >= 15 is 0 Å². The van der Waals surface area contributed by atoms with Crippen molar-refractivity contribution in [2.45, 2.75) is 13.5 Å². The van der Waals surface area contributed by atoms with E-state index in [0.717, 1.165) is 5.56 Å². The van der Waals surface area contributed by atoms with Crippen LogP contribution in [0.15, 0.2) is 24.3 Å². The molecule has 0 heterocycles. The summed E-state index contributed by atoms with van der Waals surface area (Å²) < 4.78 is 7.01. The number of aliphatic hydroxyl groups is 1. The number of hydrogen-bond acceptors (Lipinski definition) is 1. The zero-order chi connectivity index (χ0) is 8.97. The minimum Gasteiger partial charge on any atom is -0.392 e. The van der Waals surface area contributed by atoms with E-state index in [1.165, 1.54) is 0 Å². The highest BCUT2D eigenvalue weighted by Gasteiger charge is 1.88. The molecule has 1 aromatic carbocycles. The monoisotopic (exact) mass is 147 g/mol. The average Bonchev–Trinajstić information content (AvgIpc) is 2.06. The van der Waals surface area contributed by atoms with Crippen LogP contribution in [0.3, 0.4) is 0 Å². The van der Waals surface area contributed by atoms with Crippen LogP contribution >= 0.6 is 0 Å². The summed E-state index contributed by atoms with van der Waals surface area (Å²) in [5, 5.41) is 8.88. The summed E-state index contributed by atoms with van der Waals surface area (Å²) >= 11 is 0. The summed E-state index contributed by atoms with van der Waals surface area (Å²) in [6.45, 7) is 0.626. The van der Waals surface area contributed by atoms with Crippen LogP contribution in [-0.2, 0) is 6.58 Å². The molecule has 11 heavy (non-hydrogen) atoms. The predicted octanol–water partition coefficient (Wildman–Crippen LogP) is 1.55. The molecule has 1 unspecified atom stereocenters. The Morgan fingerprint density at radius 3 is 2.55 bits per heavy atom. The minimum atomic E-state index is -1.14. The van der Waals surface area contributed by atoms with E-state index in [1.807, 2.05) is 0 Å². The van der Waals surface area contributed by atoms with Crippen molar-refractivity contribution in [3.05, 3.63) is 35.4 Å². The van der Waals surface area contributed by atoms with Gasteiger partial charge in [0, 0.05) is 5.56 Å². The SMILES string of the molecule is [2H]C(O)c1ccc(C#CC)cc1. The summed E-state index contributed by atoms with van der Waals surface area (Å²) in [6, 6.07) is 7.00. The number of aliphatic hydroxyl groups excluding tert-OH is 1. The van der Waals surface area contributed by atoms with Gasteiger partial charge in [-0.1, -0.05) is 18.1 Å². The Bertz CT molecular complexity index is 303. The molecule has 0 aromatic heterocycles. The summed E-state index contributed by atoms with van der Waals surface area (Å²) in [5.74, 6) is 5.65. The molecular weight excluding hydrogens is 136 g/mol. The van der Waals surface area contributed by atoms with Crippen molar-refractivity contribution in [3.8, 4) is 11.8 Å². The average molecular weight is 147 g/mol. The Morgan fingerprint density at radius 2 is 2.09 bits per heavy atom. The Morgan fingerprint density at radius 1 is 1.45 bits per heavy atom. The smallest absolute Gasteiger partial charge is 0.0681 e. The van der Waals surface area contributed by atoms with Gasteiger partial charge in [-0.3, -0.25) is 0 Å². The standard InChI is InChI=1S/C10H10O/c1-2-3-9-4-6-10(8-11)7-5-9/h4-7,11H,8H2,1H3/i8D. The first-order valence-electron chi connectivity index (χ1n) is 3.95. The van der Waals surface area contributed by atoms with E-state index in [-0.39, 0.29) is 0 Å².